The average molecular weight is 391 g/mol. The Morgan fingerprint density at radius 2 is 1.74 bits per heavy atom. The fourth-order valence-corrected chi connectivity index (χ4v) is 2.48. The molecule has 0 heterocycles. The fourth-order valence-electron chi connectivity index (χ4n) is 2.32. The minimum Gasteiger partial charge on any atom is -0.494 e. The number of rotatable bonds is 8. The molecule has 0 bridgehead atoms. The molecule has 0 aliphatic rings. The number of hydrogen-bond acceptors (Lipinski definition) is 5. The van der Waals surface area contributed by atoms with Gasteiger partial charge >= 0.3 is 0 Å². The van der Waals surface area contributed by atoms with E-state index in [0.717, 1.165) is 12.0 Å². The molecule has 0 aliphatic heterocycles. The highest BCUT2D eigenvalue weighted by molar-refractivity contribution is 7.80. The van der Waals surface area contributed by atoms with Crippen LogP contribution in [0.4, 0.5) is 4.39 Å². The fraction of sp³-hybridized carbons (Fsp3) is 0.263. The van der Waals surface area contributed by atoms with E-state index in [1.807, 2.05) is 18.2 Å². The molecular formula is C19H22FN3O3S. The van der Waals surface area contributed by atoms with Crippen LogP contribution in [-0.4, -0.2) is 39.2 Å². The molecule has 0 radical (unpaired) electrons. The summed E-state index contributed by atoms with van der Waals surface area (Å²) in [4.78, 5) is 0. The highest BCUT2D eigenvalue weighted by Gasteiger charge is 2.05. The summed E-state index contributed by atoms with van der Waals surface area (Å²) in [5.74, 6) is 1.12. The Kier molecular flexibility index (Phi) is 7.81. The topological polar surface area (TPSA) is 64.1 Å². The molecular weight excluding hydrogens is 369 g/mol. The van der Waals surface area contributed by atoms with Crippen molar-refractivity contribution >= 4 is 23.5 Å². The second-order valence-electron chi connectivity index (χ2n) is 5.46. The first-order valence-electron chi connectivity index (χ1n) is 8.18. The predicted octanol–water partition coefficient (Wildman–Crippen LogP) is 2.89. The van der Waals surface area contributed by atoms with E-state index in [2.05, 4.69) is 15.8 Å². The van der Waals surface area contributed by atoms with Gasteiger partial charge in [-0.1, -0.05) is 6.07 Å². The van der Waals surface area contributed by atoms with Crippen molar-refractivity contribution in [2.24, 2.45) is 5.10 Å². The van der Waals surface area contributed by atoms with Crippen LogP contribution in [0.3, 0.4) is 0 Å². The molecule has 2 N–H and O–H groups in total. The van der Waals surface area contributed by atoms with Crippen LogP contribution >= 0.6 is 12.2 Å². The molecule has 27 heavy (non-hydrogen) atoms. The largest absolute Gasteiger partial charge is 0.494 e. The van der Waals surface area contributed by atoms with Gasteiger partial charge in [0, 0.05) is 6.54 Å². The van der Waals surface area contributed by atoms with Gasteiger partial charge in [-0.15, -0.1) is 0 Å². The van der Waals surface area contributed by atoms with Crippen LogP contribution in [0.1, 0.15) is 11.1 Å². The van der Waals surface area contributed by atoms with Gasteiger partial charge in [0.05, 0.1) is 27.5 Å². The number of benzene rings is 2. The van der Waals surface area contributed by atoms with Crippen molar-refractivity contribution in [3.05, 3.63) is 53.3 Å². The number of methoxy groups -OCH3 is 3. The zero-order chi connectivity index (χ0) is 19.6. The molecule has 0 atom stereocenters. The molecule has 8 heteroatoms. The number of halogens is 1. The molecule has 0 unspecified atom stereocenters. The Bertz CT molecular complexity index is 815. The number of thiocarbonyl (C=S) groups is 1. The highest BCUT2D eigenvalue weighted by atomic mass is 32.1. The Hall–Kier alpha value is -2.87. The molecule has 0 saturated carbocycles. The van der Waals surface area contributed by atoms with Crippen molar-refractivity contribution in [2.45, 2.75) is 6.42 Å². The maximum absolute atomic E-state index is 13.6. The minimum absolute atomic E-state index is 0.187. The van der Waals surface area contributed by atoms with Gasteiger partial charge in [0.2, 0.25) is 0 Å². The van der Waals surface area contributed by atoms with E-state index in [9.17, 15) is 4.39 Å². The number of ether oxygens (including phenoxy) is 3. The first kappa shape index (κ1) is 20.4. The zero-order valence-electron chi connectivity index (χ0n) is 15.4. The van der Waals surface area contributed by atoms with Gasteiger partial charge in [0.25, 0.3) is 0 Å². The van der Waals surface area contributed by atoms with Gasteiger partial charge in [0.1, 0.15) is 0 Å². The summed E-state index contributed by atoms with van der Waals surface area (Å²) in [6.45, 7) is 0.619. The van der Waals surface area contributed by atoms with Crippen molar-refractivity contribution in [3.8, 4) is 17.2 Å². The Morgan fingerprint density at radius 1 is 1.04 bits per heavy atom. The standard InChI is InChI=1S/C19H22FN3O3S/c1-24-16-6-5-14(10-15(16)20)12-22-23-19(27)21-9-8-13-4-7-17(25-2)18(11-13)26-3/h4-7,10-12H,8-9H2,1-3H3,(H2,21,23,27)/b22-12-. The highest BCUT2D eigenvalue weighted by Crippen LogP contribution is 2.27. The molecule has 144 valence electrons. The molecule has 2 aromatic rings. The molecule has 0 saturated heterocycles. The predicted molar refractivity (Wildman–Crippen MR) is 108 cm³/mol. The van der Waals surface area contributed by atoms with E-state index in [1.54, 1.807) is 20.3 Å². The number of nitrogens with zero attached hydrogens (tertiary/aromatic N) is 1. The number of hydrogen-bond donors (Lipinski definition) is 2. The van der Waals surface area contributed by atoms with E-state index >= 15 is 0 Å². The monoisotopic (exact) mass is 391 g/mol. The molecule has 0 spiro atoms. The lowest BCUT2D eigenvalue weighted by molar-refractivity contribution is 0.354. The van der Waals surface area contributed by atoms with E-state index in [0.29, 0.717) is 28.7 Å². The molecule has 2 aromatic carbocycles. The third-order valence-electron chi connectivity index (χ3n) is 3.70. The summed E-state index contributed by atoms with van der Waals surface area (Å²) in [7, 11) is 4.62. The second-order valence-corrected chi connectivity index (χ2v) is 5.87. The van der Waals surface area contributed by atoms with Gasteiger partial charge in [-0.25, -0.2) is 4.39 Å². The maximum atomic E-state index is 13.6. The lowest BCUT2D eigenvalue weighted by Gasteiger charge is -2.10. The van der Waals surface area contributed by atoms with Gasteiger partial charge in [-0.3, -0.25) is 5.43 Å². The van der Waals surface area contributed by atoms with Crippen LogP contribution in [0.25, 0.3) is 0 Å². The van der Waals surface area contributed by atoms with Crippen molar-refractivity contribution in [2.75, 3.05) is 27.9 Å². The normalized spacial score (nSPS) is 10.5. The SMILES string of the molecule is COc1ccc(/C=N\NC(=S)NCCc2ccc(OC)c(OC)c2)cc1F. The summed E-state index contributed by atoms with van der Waals surface area (Å²) < 4.78 is 29.0. The summed E-state index contributed by atoms with van der Waals surface area (Å²) in [6.07, 6.45) is 2.22. The van der Waals surface area contributed by atoms with Crippen LogP contribution in [0.15, 0.2) is 41.5 Å². The third-order valence-corrected chi connectivity index (χ3v) is 3.94. The van der Waals surface area contributed by atoms with Gasteiger partial charge in [0.15, 0.2) is 28.2 Å². The van der Waals surface area contributed by atoms with Crippen molar-refractivity contribution in [1.82, 2.24) is 10.7 Å². The molecule has 0 fully saturated rings. The zero-order valence-corrected chi connectivity index (χ0v) is 16.2. The summed E-state index contributed by atoms with van der Waals surface area (Å²) in [5, 5.41) is 7.42. The van der Waals surface area contributed by atoms with Gasteiger partial charge < -0.3 is 19.5 Å². The number of hydrazone groups is 1. The van der Waals surface area contributed by atoms with Crippen LogP contribution in [0.2, 0.25) is 0 Å². The van der Waals surface area contributed by atoms with E-state index in [4.69, 9.17) is 26.4 Å². The van der Waals surface area contributed by atoms with Gasteiger partial charge in [-0.05, 0) is 60.1 Å². The average Bonchev–Trinajstić information content (AvgIpc) is 2.68. The van der Waals surface area contributed by atoms with Crippen LogP contribution in [0.5, 0.6) is 17.2 Å². The molecule has 0 aliphatic carbocycles. The van der Waals surface area contributed by atoms with Crippen molar-refractivity contribution in [3.63, 3.8) is 0 Å². The lowest BCUT2D eigenvalue weighted by atomic mass is 10.1. The van der Waals surface area contributed by atoms with Gasteiger partial charge in [-0.2, -0.15) is 5.10 Å². The number of nitrogens with one attached hydrogen (secondary N) is 2. The smallest absolute Gasteiger partial charge is 0.186 e. The minimum atomic E-state index is -0.447. The van der Waals surface area contributed by atoms with Crippen LogP contribution in [0, 0.1) is 5.82 Å². The van der Waals surface area contributed by atoms with Crippen molar-refractivity contribution in [1.29, 1.82) is 0 Å². The second kappa shape index (κ2) is 10.3. The third kappa shape index (κ3) is 6.10. The van der Waals surface area contributed by atoms with Crippen LogP contribution < -0.4 is 25.0 Å². The molecule has 2 rings (SSSR count). The summed E-state index contributed by atoms with van der Waals surface area (Å²) in [5.41, 5.74) is 4.37. The Morgan fingerprint density at radius 3 is 2.41 bits per heavy atom. The summed E-state index contributed by atoms with van der Waals surface area (Å²) in [6, 6.07) is 10.3. The Balaban J connectivity index is 1.78. The lowest BCUT2D eigenvalue weighted by Crippen LogP contribution is -2.33. The maximum Gasteiger partial charge on any atom is 0.186 e. The molecule has 6 nitrogen and oxygen atoms in total. The summed E-state index contributed by atoms with van der Waals surface area (Å²) >= 11 is 5.16. The first-order chi connectivity index (χ1) is 13.1. The first-order valence-corrected chi connectivity index (χ1v) is 8.59. The van der Waals surface area contributed by atoms with E-state index < -0.39 is 5.82 Å². The quantitative estimate of drug-likeness (QED) is 0.410. The van der Waals surface area contributed by atoms with Crippen molar-refractivity contribution < 1.29 is 18.6 Å². The molecule has 0 aromatic heterocycles. The van der Waals surface area contributed by atoms with E-state index in [-0.39, 0.29) is 5.75 Å². The van der Waals surface area contributed by atoms with Crippen LogP contribution in [-0.2, 0) is 6.42 Å². The van der Waals surface area contributed by atoms with E-state index in [1.165, 1.54) is 25.5 Å². The molecule has 0 amide bonds. The Labute approximate surface area is 163 Å².